The van der Waals surface area contributed by atoms with Gasteiger partial charge in [-0.3, -0.25) is 0 Å². The van der Waals surface area contributed by atoms with E-state index >= 15 is 0 Å². The van der Waals surface area contributed by atoms with Crippen molar-refractivity contribution in [3.8, 4) is 0 Å². The highest BCUT2D eigenvalue weighted by Gasteiger charge is 2.07. The molecule has 0 aromatic carbocycles. The summed E-state index contributed by atoms with van der Waals surface area (Å²) in [5.74, 6) is 0.314. The molecule has 1 atom stereocenters. The number of hydrogen-bond donors (Lipinski definition) is 2. The number of aliphatic hydroxyl groups is 1. The molecule has 1 unspecified atom stereocenters. The van der Waals surface area contributed by atoms with E-state index in [1.807, 2.05) is 0 Å². The zero-order valence-corrected chi connectivity index (χ0v) is 8.66. The predicted molar refractivity (Wildman–Crippen MR) is 52.2 cm³/mol. The van der Waals surface area contributed by atoms with Crippen LogP contribution in [0.5, 0.6) is 0 Å². The van der Waals surface area contributed by atoms with Crippen LogP contribution in [-0.4, -0.2) is 40.9 Å². The SMILES string of the molecule is CNc1nnc(SCC(O)CF)s1. The quantitative estimate of drug-likeness (QED) is 0.729. The van der Waals surface area contributed by atoms with Crippen molar-refractivity contribution in [3.05, 3.63) is 0 Å². The zero-order valence-electron chi connectivity index (χ0n) is 7.03. The maximum absolute atomic E-state index is 11.9. The van der Waals surface area contributed by atoms with Crippen LogP contribution < -0.4 is 5.32 Å². The van der Waals surface area contributed by atoms with E-state index < -0.39 is 12.8 Å². The Hall–Kier alpha value is -0.400. The molecule has 4 nitrogen and oxygen atoms in total. The third kappa shape index (κ3) is 3.45. The fraction of sp³-hybridized carbons (Fsp3) is 0.667. The number of alkyl halides is 1. The number of anilines is 1. The third-order valence-corrected chi connectivity index (χ3v) is 3.42. The molecule has 74 valence electrons. The van der Waals surface area contributed by atoms with Crippen LogP contribution in [0.4, 0.5) is 9.52 Å². The van der Waals surface area contributed by atoms with Crippen molar-refractivity contribution in [1.29, 1.82) is 0 Å². The van der Waals surface area contributed by atoms with Gasteiger partial charge in [0.2, 0.25) is 5.13 Å². The van der Waals surface area contributed by atoms with Gasteiger partial charge in [-0.1, -0.05) is 23.1 Å². The average molecular weight is 223 g/mol. The molecule has 13 heavy (non-hydrogen) atoms. The summed E-state index contributed by atoms with van der Waals surface area (Å²) in [6, 6.07) is 0. The second kappa shape index (κ2) is 5.36. The van der Waals surface area contributed by atoms with E-state index in [9.17, 15) is 4.39 Å². The van der Waals surface area contributed by atoms with Crippen LogP contribution in [0.1, 0.15) is 0 Å². The van der Waals surface area contributed by atoms with Gasteiger partial charge >= 0.3 is 0 Å². The van der Waals surface area contributed by atoms with Crippen molar-refractivity contribution < 1.29 is 9.50 Å². The van der Waals surface area contributed by atoms with Crippen LogP contribution in [0.3, 0.4) is 0 Å². The molecule has 1 heterocycles. The summed E-state index contributed by atoms with van der Waals surface area (Å²) < 4.78 is 12.6. The van der Waals surface area contributed by atoms with Crippen molar-refractivity contribution in [2.45, 2.75) is 10.4 Å². The highest BCUT2D eigenvalue weighted by molar-refractivity contribution is 8.01. The summed E-state index contributed by atoms with van der Waals surface area (Å²) in [5, 5.41) is 20.1. The first-order valence-electron chi connectivity index (χ1n) is 3.64. The monoisotopic (exact) mass is 223 g/mol. The summed E-state index contributed by atoms with van der Waals surface area (Å²) in [7, 11) is 1.76. The second-order valence-corrected chi connectivity index (χ2v) is 4.49. The molecular weight excluding hydrogens is 213 g/mol. The number of halogens is 1. The molecule has 0 saturated carbocycles. The first-order valence-corrected chi connectivity index (χ1v) is 5.44. The van der Waals surface area contributed by atoms with Gasteiger partial charge in [-0.25, -0.2) is 4.39 Å². The molecule has 0 amide bonds. The lowest BCUT2D eigenvalue weighted by Crippen LogP contribution is -2.11. The van der Waals surface area contributed by atoms with Crippen LogP contribution >= 0.6 is 23.1 Å². The van der Waals surface area contributed by atoms with Gasteiger partial charge in [0.25, 0.3) is 0 Å². The van der Waals surface area contributed by atoms with E-state index in [4.69, 9.17) is 5.11 Å². The number of hydrogen-bond acceptors (Lipinski definition) is 6. The molecule has 0 aliphatic carbocycles. The molecule has 1 aromatic heterocycles. The number of aromatic nitrogens is 2. The van der Waals surface area contributed by atoms with E-state index in [1.165, 1.54) is 23.1 Å². The van der Waals surface area contributed by atoms with Gasteiger partial charge in [-0.05, 0) is 0 Å². The molecule has 0 fully saturated rings. The summed E-state index contributed by atoms with van der Waals surface area (Å²) in [4.78, 5) is 0. The number of thioether (sulfide) groups is 1. The lowest BCUT2D eigenvalue weighted by atomic mass is 10.5. The number of nitrogens with zero attached hydrogens (tertiary/aromatic N) is 2. The molecule has 1 rings (SSSR count). The molecule has 1 aromatic rings. The second-order valence-electron chi connectivity index (χ2n) is 2.24. The highest BCUT2D eigenvalue weighted by Crippen LogP contribution is 2.25. The fourth-order valence-electron chi connectivity index (χ4n) is 0.581. The van der Waals surface area contributed by atoms with Crippen LogP contribution in [0.15, 0.2) is 4.34 Å². The lowest BCUT2D eigenvalue weighted by molar-refractivity contribution is 0.162. The van der Waals surface area contributed by atoms with Crippen molar-refractivity contribution in [3.63, 3.8) is 0 Å². The zero-order chi connectivity index (χ0) is 9.68. The Morgan fingerprint density at radius 3 is 3.00 bits per heavy atom. The van der Waals surface area contributed by atoms with E-state index in [0.29, 0.717) is 5.75 Å². The first-order chi connectivity index (χ1) is 6.26. The van der Waals surface area contributed by atoms with Crippen molar-refractivity contribution in [2.24, 2.45) is 0 Å². The van der Waals surface area contributed by atoms with Gasteiger partial charge in [-0.15, -0.1) is 10.2 Å². The molecule has 0 spiro atoms. The van der Waals surface area contributed by atoms with Crippen LogP contribution in [0, 0.1) is 0 Å². The summed E-state index contributed by atoms with van der Waals surface area (Å²) in [6.07, 6.45) is -0.910. The summed E-state index contributed by atoms with van der Waals surface area (Å²) in [5.41, 5.74) is 0. The van der Waals surface area contributed by atoms with Gasteiger partial charge in [0.05, 0.1) is 6.10 Å². The summed E-state index contributed by atoms with van der Waals surface area (Å²) in [6.45, 7) is -0.718. The molecule has 2 N–H and O–H groups in total. The van der Waals surface area contributed by atoms with E-state index in [1.54, 1.807) is 7.05 Å². The smallest absolute Gasteiger partial charge is 0.206 e. The van der Waals surface area contributed by atoms with E-state index in [2.05, 4.69) is 15.5 Å². The minimum atomic E-state index is -0.910. The Balaban J connectivity index is 2.36. The normalized spacial score (nSPS) is 12.8. The maximum atomic E-state index is 11.9. The summed E-state index contributed by atoms with van der Waals surface area (Å²) >= 11 is 2.69. The number of aliphatic hydroxyl groups excluding tert-OH is 1. The van der Waals surface area contributed by atoms with Gasteiger partial charge in [-0.2, -0.15) is 0 Å². The molecule has 0 aliphatic rings. The number of nitrogens with one attached hydrogen (secondary N) is 1. The van der Waals surface area contributed by atoms with Gasteiger partial charge in [0.15, 0.2) is 4.34 Å². The highest BCUT2D eigenvalue weighted by atomic mass is 32.2. The largest absolute Gasteiger partial charge is 0.390 e. The number of rotatable bonds is 5. The molecule has 0 aliphatic heterocycles. The average Bonchev–Trinajstić information content (AvgIpc) is 2.61. The van der Waals surface area contributed by atoms with Crippen molar-refractivity contribution in [1.82, 2.24) is 10.2 Å². The van der Waals surface area contributed by atoms with E-state index in [-0.39, 0.29) is 0 Å². The Morgan fingerprint density at radius 2 is 2.46 bits per heavy atom. The van der Waals surface area contributed by atoms with Gasteiger partial charge < -0.3 is 10.4 Å². The minimum Gasteiger partial charge on any atom is -0.390 e. The fourth-order valence-corrected chi connectivity index (χ4v) is 2.21. The minimum absolute atomic E-state index is 0.314. The standard InChI is InChI=1S/C6H10FN3OS2/c1-8-5-9-10-6(13-5)12-3-4(11)2-7/h4,11H,2-3H2,1H3,(H,8,9). The Kier molecular flexibility index (Phi) is 4.40. The molecule has 0 bridgehead atoms. The molecule has 0 saturated heterocycles. The first kappa shape index (κ1) is 10.7. The van der Waals surface area contributed by atoms with Crippen LogP contribution in [-0.2, 0) is 0 Å². The Morgan fingerprint density at radius 1 is 1.69 bits per heavy atom. The van der Waals surface area contributed by atoms with Crippen molar-refractivity contribution >= 4 is 28.2 Å². The van der Waals surface area contributed by atoms with Crippen LogP contribution in [0.25, 0.3) is 0 Å². The lowest BCUT2D eigenvalue weighted by Gasteiger charge is -2.01. The maximum Gasteiger partial charge on any atom is 0.206 e. The van der Waals surface area contributed by atoms with Crippen LogP contribution in [0.2, 0.25) is 0 Å². The van der Waals surface area contributed by atoms with Gasteiger partial charge in [0.1, 0.15) is 6.67 Å². The third-order valence-electron chi connectivity index (χ3n) is 1.20. The predicted octanol–water partition coefficient (Wildman–Crippen LogP) is 1.00. The molecule has 0 radical (unpaired) electrons. The van der Waals surface area contributed by atoms with Gasteiger partial charge in [0, 0.05) is 12.8 Å². The van der Waals surface area contributed by atoms with E-state index in [0.717, 1.165) is 9.47 Å². The Bertz CT molecular complexity index is 258. The topological polar surface area (TPSA) is 58.0 Å². The Labute approximate surface area is 83.6 Å². The molecular formula is C6H10FN3OS2. The van der Waals surface area contributed by atoms with Crippen molar-refractivity contribution in [2.75, 3.05) is 24.8 Å². The molecule has 7 heteroatoms.